The summed E-state index contributed by atoms with van der Waals surface area (Å²) in [6, 6.07) is 12.2. The van der Waals surface area contributed by atoms with Crippen LogP contribution in [0.5, 0.6) is 0 Å². The number of aryl methyl sites for hydroxylation is 1. The highest BCUT2D eigenvalue weighted by Crippen LogP contribution is 2.15. The molecule has 0 fully saturated rings. The van der Waals surface area contributed by atoms with Gasteiger partial charge in [0.05, 0.1) is 5.69 Å². The first-order valence-corrected chi connectivity index (χ1v) is 7.58. The van der Waals surface area contributed by atoms with Gasteiger partial charge >= 0.3 is 0 Å². The van der Waals surface area contributed by atoms with Crippen molar-refractivity contribution in [2.24, 2.45) is 0 Å². The third kappa shape index (κ3) is 3.95. The number of amides is 1. The highest BCUT2D eigenvalue weighted by atomic mass is 19.1. The van der Waals surface area contributed by atoms with Gasteiger partial charge in [0.1, 0.15) is 18.2 Å². The molecule has 2 aromatic heterocycles. The van der Waals surface area contributed by atoms with Gasteiger partial charge in [-0.25, -0.2) is 14.1 Å². The Kier molecular flexibility index (Phi) is 4.65. The van der Waals surface area contributed by atoms with Crippen molar-refractivity contribution in [3.8, 4) is 11.3 Å². The molecule has 2 heterocycles. The summed E-state index contributed by atoms with van der Waals surface area (Å²) in [5.41, 5.74) is 1.53. The topological polar surface area (TPSA) is 76.9 Å². The SMILES string of the molecule is Cc1cccnc1NC(=O)Cn1nc(-c2ccc(F)cc2)ccc1=O. The lowest BCUT2D eigenvalue weighted by molar-refractivity contribution is -0.117. The molecule has 1 aromatic carbocycles. The Balaban J connectivity index is 1.81. The van der Waals surface area contributed by atoms with Gasteiger partial charge in [-0.1, -0.05) is 6.07 Å². The molecular formula is C18H15FN4O2. The predicted molar refractivity (Wildman–Crippen MR) is 91.5 cm³/mol. The van der Waals surface area contributed by atoms with Gasteiger partial charge in [0.25, 0.3) is 5.56 Å². The van der Waals surface area contributed by atoms with E-state index in [0.717, 1.165) is 10.2 Å². The molecule has 3 aromatic rings. The fourth-order valence-electron chi connectivity index (χ4n) is 2.26. The van der Waals surface area contributed by atoms with Crippen molar-refractivity contribution in [2.45, 2.75) is 13.5 Å². The molecule has 0 radical (unpaired) electrons. The molecule has 0 aliphatic rings. The average molecular weight is 338 g/mol. The van der Waals surface area contributed by atoms with E-state index in [1.165, 1.54) is 24.3 Å². The van der Waals surface area contributed by atoms with E-state index in [9.17, 15) is 14.0 Å². The molecule has 0 atom stereocenters. The second-order valence-electron chi connectivity index (χ2n) is 5.44. The molecule has 3 rings (SSSR count). The van der Waals surface area contributed by atoms with Crippen molar-refractivity contribution in [3.63, 3.8) is 0 Å². The van der Waals surface area contributed by atoms with E-state index in [0.29, 0.717) is 17.1 Å². The summed E-state index contributed by atoms with van der Waals surface area (Å²) < 4.78 is 14.1. The Labute approximate surface area is 143 Å². The van der Waals surface area contributed by atoms with Crippen molar-refractivity contribution in [1.82, 2.24) is 14.8 Å². The van der Waals surface area contributed by atoms with E-state index in [2.05, 4.69) is 15.4 Å². The molecule has 0 bridgehead atoms. The zero-order valence-corrected chi connectivity index (χ0v) is 13.4. The van der Waals surface area contributed by atoms with E-state index in [1.54, 1.807) is 24.4 Å². The molecule has 0 saturated heterocycles. The molecule has 6 nitrogen and oxygen atoms in total. The predicted octanol–water partition coefficient (Wildman–Crippen LogP) is 2.39. The maximum atomic E-state index is 13.0. The van der Waals surface area contributed by atoms with Gasteiger partial charge in [-0.15, -0.1) is 0 Å². The van der Waals surface area contributed by atoms with Crippen molar-refractivity contribution in [1.29, 1.82) is 0 Å². The van der Waals surface area contributed by atoms with Gasteiger partial charge in [-0.2, -0.15) is 5.10 Å². The fourth-order valence-corrected chi connectivity index (χ4v) is 2.26. The van der Waals surface area contributed by atoms with Gasteiger partial charge in [0.2, 0.25) is 5.91 Å². The lowest BCUT2D eigenvalue weighted by atomic mass is 10.1. The lowest BCUT2D eigenvalue weighted by Crippen LogP contribution is -2.29. The molecule has 0 aliphatic heterocycles. The molecule has 1 amide bonds. The third-order valence-electron chi connectivity index (χ3n) is 3.57. The van der Waals surface area contributed by atoms with Crippen molar-refractivity contribution in [2.75, 3.05) is 5.32 Å². The van der Waals surface area contributed by atoms with Crippen LogP contribution in [-0.2, 0) is 11.3 Å². The molecule has 7 heteroatoms. The zero-order chi connectivity index (χ0) is 17.8. The largest absolute Gasteiger partial charge is 0.309 e. The summed E-state index contributed by atoms with van der Waals surface area (Å²) in [5, 5.41) is 6.83. The number of benzene rings is 1. The van der Waals surface area contributed by atoms with Crippen molar-refractivity contribution >= 4 is 11.7 Å². The van der Waals surface area contributed by atoms with Gasteiger partial charge in [0, 0.05) is 17.8 Å². The van der Waals surface area contributed by atoms with E-state index in [-0.39, 0.29) is 12.4 Å². The van der Waals surface area contributed by atoms with Gasteiger partial charge in [0.15, 0.2) is 0 Å². The second-order valence-corrected chi connectivity index (χ2v) is 5.44. The Morgan fingerprint density at radius 3 is 2.64 bits per heavy atom. The van der Waals surface area contributed by atoms with Crippen LogP contribution in [0, 0.1) is 12.7 Å². The maximum absolute atomic E-state index is 13.0. The molecule has 0 spiro atoms. The number of anilines is 1. The summed E-state index contributed by atoms with van der Waals surface area (Å²) in [6.45, 7) is 1.58. The number of aromatic nitrogens is 3. The second kappa shape index (κ2) is 7.04. The minimum atomic E-state index is -0.410. The quantitative estimate of drug-likeness (QED) is 0.792. The Hall–Kier alpha value is -3.35. The van der Waals surface area contributed by atoms with Crippen LogP contribution in [0.2, 0.25) is 0 Å². The molecule has 0 unspecified atom stereocenters. The number of carbonyl (C=O) groups excluding carboxylic acids is 1. The maximum Gasteiger partial charge on any atom is 0.267 e. The Morgan fingerprint density at radius 2 is 1.92 bits per heavy atom. The number of hydrogen-bond acceptors (Lipinski definition) is 4. The van der Waals surface area contributed by atoms with E-state index < -0.39 is 11.5 Å². The summed E-state index contributed by atoms with van der Waals surface area (Å²) >= 11 is 0. The lowest BCUT2D eigenvalue weighted by Gasteiger charge is -2.09. The van der Waals surface area contributed by atoms with Crippen molar-refractivity contribution < 1.29 is 9.18 Å². The van der Waals surface area contributed by atoms with E-state index in [1.807, 2.05) is 13.0 Å². The first kappa shape index (κ1) is 16.5. The first-order chi connectivity index (χ1) is 12.0. The normalized spacial score (nSPS) is 10.5. The molecule has 25 heavy (non-hydrogen) atoms. The molecule has 0 saturated carbocycles. The number of nitrogens with one attached hydrogen (secondary N) is 1. The first-order valence-electron chi connectivity index (χ1n) is 7.58. The molecule has 1 N–H and O–H groups in total. The number of nitrogens with zero attached hydrogens (tertiary/aromatic N) is 3. The van der Waals surface area contributed by atoms with Gasteiger partial charge in [-0.05, 0) is 48.9 Å². The number of halogens is 1. The standard InChI is InChI=1S/C18H15FN4O2/c1-12-3-2-10-20-18(12)21-16(24)11-23-17(25)9-8-15(22-23)13-4-6-14(19)7-5-13/h2-10H,11H2,1H3,(H,20,21,24). The van der Waals surface area contributed by atoms with Crippen molar-refractivity contribution in [3.05, 3.63) is 76.5 Å². The molecule has 0 aliphatic carbocycles. The van der Waals surface area contributed by atoms with Crippen LogP contribution in [0.1, 0.15) is 5.56 Å². The summed E-state index contributed by atoms with van der Waals surface area (Å²) in [7, 11) is 0. The smallest absolute Gasteiger partial charge is 0.267 e. The highest BCUT2D eigenvalue weighted by Gasteiger charge is 2.10. The minimum absolute atomic E-state index is 0.246. The third-order valence-corrected chi connectivity index (χ3v) is 3.57. The highest BCUT2D eigenvalue weighted by molar-refractivity contribution is 5.90. The van der Waals surface area contributed by atoms with Crippen LogP contribution in [0.25, 0.3) is 11.3 Å². The van der Waals surface area contributed by atoms with Crippen LogP contribution in [0.15, 0.2) is 59.5 Å². The number of pyridine rings is 1. The van der Waals surface area contributed by atoms with Crippen LogP contribution in [-0.4, -0.2) is 20.7 Å². The fraction of sp³-hybridized carbons (Fsp3) is 0.111. The summed E-state index contributed by atoms with van der Waals surface area (Å²) in [5.74, 6) is -0.329. The van der Waals surface area contributed by atoms with Crippen LogP contribution in [0.4, 0.5) is 10.2 Å². The van der Waals surface area contributed by atoms with E-state index >= 15 is 0 Å². The summed E-state index contributed by atoms with van der Waals surface area (Å²) in [6.07, 6.45) is 1.57. The van der Waals surface area contributed by atoms with Gasteiger partial charge < -0.3 is 5.32 Å². The molecule has 126 valence electrons. The number of hydrogen-bond donors (Lipinski definition) is 1. The van der Waals surface area contributed by atoms with Gasteiger partial charge in [-0.3, -0.25) is 9.59 Å². The average Bonchev–Trinajstić information content (AvgIpc) is 2.60. The number of carbonyl (C=O) groups is 1. The van der Waals surface area contributed by atoms with Crippen LogP contribution in [0.3, 0.4) is 0 Å². The van der Waals surface area contributed by atoms with Crippen LogP contribution < -0.4 is 10.9 Å². The molecular weight excluding hydrogens is 323 g/mol. The van der Waals surface area contributed by atoms with E-state index in [4.69, 9.17) is 0 Å². The Bertz CT molecular complexity index is 967. The Morgan fingerprint density at radius 1 is 1.16 bits per heavy atom. The van der Waals surface area contributed by atoms with Crippen LogP contribution >= 0.6 is 0 Å². The number of rotatable bonds is 4. The summed E-state index contributed by atoms with van der Waals surface area (Å²) in [4.78, 5) is 28.2. The minimum Gasteiger partial charge on any atom is -0.309 e. The zero-order valence-electron chi connectivity index (χ0n) is 13.4. The monoisotopic (exact) mass is 338 g/mol.